The maximum atomic E-state index is 10.4. The SMILES string of the molecule is CCC(COC)Nc1ccc([N+](=O)[O-])nc1. The van der Waals surface area contributed by atoms with Crippen molar-refractivity contribution in [3.63, 3.8) is 0 Å². The van der Waals surface area contributed by atoms with Gasteiger partial charge in [-0.15, -0.1) is 0 Å². The van der Waals surface area contributed by atoms with Crippen molar-refractivity contribution < 1.29 is 9.66 Å². The van der Waals surface area contributed by atoms with E-state index in [0.29, 0.717) is 6.61 Å². The lowest BCUT2D eigenvalue weighted by Crippen LogP contribution is -2.23. The molecule has 1 aromatic heterocycles. The third kappa shape index (κ3) is 3.47. The molecule has 6 nitrogen and oxygen atoms in total. The number of methoxy groups -OCH3 is 1. The number of aromatic nitrogens is 1. The van der Waals surface area contributed by atoms with Crippen LogP contribution in [-0.2, 0) is 4.74 Å². The van der Waals surface area contributed by atoms with Crippen LogP contribution in [0.1, 0.15) is 13.3 Å². The first kappa shape index (κ1) is 12.4. The smallest absolute Gasteiger partial charge is 0.363 e. The fourth-order valence-electron chi connectivity index (χ4n) is 1.28. The molecule has 1 rings (SSSR count). The number of hydrogen-bond donors (Lipinski definition) is 1. The van der Waals surface area contributed by atoms with Crippen molar-refractivity contribution in [3.05, 3.63) is 28.4 Å². The van der Waals surface area contributed by atoms with Crippen molar-refractivity contribution in [2.45, 2.75) is 19.4 Å². The van der Waals surface area contributed by atoms with Gasteiger partial charge < -0.3 is 20.2 Å². The Morgan fingerprint density at radius 1 is 1.62 bits per heavy atom. The van der Waals surface area contributed by atoms with Crippen LogP contribution in [0.5, 0.6) is 0 Å². The fraction of sp³-hybridized carbons (Fsp3) is 0.500. The van der Waals surface area contributed by atoms with Crippen LogP contribution in [0.2, 0.25) is 0 Å². The summed E-state index contributed by atoms with van der Waals surface area (Å²) in [7, 11) is 1.64. The van der Waals surface area contributed by atoms with Gasteiger partial charge >= 0.3 is 5.82 Å². The maximum Gasteiger partial charge on any atom is 0.363 e. The van der Waals surface area contributed by atoms with Crippen LogP contribution in [-0.4, -0.2) is 29.7 Å². The van der Waals surface area contributed by atoms with Crippen LogP contribution in [0.4, 0.5) is 11.5 Å². The van der Waals surface area contributed by atoms with Gasteiger partial charge in [0, 0.05) is 19.2 Å². The molecule has 0 fully saturated rings. The molecule has 0 amide bonds. The predicted octanol–water partition coefficient (Wildman–Crippen LogP) is 1.83. The number of nitro groups is 1. The molecule has 1 heterocycles. The molecular formula is C10H15N3O3. The Kier molecular flexibility index (Phi) is 4.65. The van der Waals surface area contributed by atoms with Gasteiger partial charge in [-0.1, -0.05) is 6.92 Å². The van der Waals surface area contributed by atoms with Crippen LogP contribution < -0.4 is 5.32 Å². The fourth-order valence-corrected chi connectivity index (χ4v) is 1.28. The van der Waals surface area contributed by atoms with Crippen LogP contribution >= 0.6 is 0 Å². The largest absolute Gasteiger partial charge is 0.383 e. The molecule has 0 aliphatic carbocycles. The van der Waals surface area contributed by atoms with E-state index in [1.54, 1.807) is 13.2 Å². The summed E-state index contributed by atoms with van der Waals surface area (Å²) < 4.78 is 5.04. The standard InChI is InChI=1S/C10H15N3O3/c1-3-8(7-16-2)12-9-4-5-10(11-6-9)13(14)15/h4-6,8,12H,3,7H2,1-2H3. The zero-order valence-corrected chi connectivity index (χ0v) is 9.34. The summed E-state index contributed by atoms with van der Waals surface area (Å²) in [4.78, 5) is 13.6. The number of nitrogens with one attached hydrogen (secondary N) is 1. The van der Waals surface area contributed by atoms with Gasteiger partial charge in [-0.3, -0.25) is 0 Å². The third-order valence-corrected chi connectivity index (χ3v) is 2.17. The summed E-state index contributed by atoms with van der Waals surface area (Å²) in [6.45, 7) is 2.63. The highest BCUT2D eigenvalue weighted by molar-refractivity contribution is 5.44. The molecule has 6 heteroatoms. The Labute approximate surface area is 93.8 Å². The van der Waals surface area contributed by atoms with E-state index in [1.165, 1.54) is 12.3 Å². The minimum atomic E-state index is -0.518. The lowest BCUT2D eigenvalue weighted by Gasteiger charge is -2.15. The lowest BCUT2D eigenvalue weighted by atomic mass is 10.2. The summed E-state index contributed by atoms with van der Waals surface area (Å²) in [6.07, 6.45) is 2.36. The molecule has 1 aromatic rings. The minimum absolute atomic E-state index is 0.148. The summed E-state index contributed by atoms with van der Waals surface area (Å²) >= 11 is 0. The van der Waals surface area contributed by atoms with Crippen LogP contribution in [0.3, 0.4) is 0 Å². The average Bonchev–Trinajstić information content (AvgIpc) is 2.29. The van der Waals surface area contributed by atoms with Crippen LogP contribution in [0, 0.1) is 10.1 Å². The van der Waals surface area contributed by atoms with Gasteiger partial charge in [0.05, 0.1) is 12.3 Å². The molecule has 1 unspecified atom stereocenters. The Hall–Kier alpha value is -1.69. The lowest BCUT2D eigenvalue weighted by molar-refractivity contribution is -0.389. The summed E-state index contributed by atoms with van der Waals surface area (Å²) in [5, 5.41) is 13.6. The Balaban J connectivity index is 2.63. The first-order valence-corrected chi connectivity index (χ1v) is 5.03. The molecule has 1 N–H and O–H groups in total. The topological polar surface area (TPSA) is 77.3 Å². The summed E-state index contributed by atoms with van der Waals surface area (Å²) in [6, 6.07) is 3.21. The van der Waals surface area contributed by atoms with Gasteiger partial charge in [0.25, 0.3) is 0 Å². The average molecular weight is 225 g/mol. The second-order valence-corrected chi connectivity index (χ2v) is 3.37. The maximum absolute atomic E-state index is 10.4. The van der Waals surface area contributed by atoms with E-state index in [1.807, 2.05) is 6.92 Å². The quantitative estimate of drug-likeness (QED) is 0.590. The van der Waals surface area contributed by atoms with Gasteiger partial charge in [0.1, 0.15) is 0 Å². The van der Waals surface area contributed by atoms with E-state index < -0.39 is 4.92 Å². The number of hydrogen-bond acceptors (Lipinski definition) is 5. The van der Waals surface area contributed by atoms with Crippen molar-refractivity contribution in [3.8, 4) is 0 Å². The monoisotopic (exact) mass is 225 g/mol. The minimum Gasteiger partial charge on any atom is -0.383 e. The molecule has 0 aliphatic heterocycles. The van der Waals surface area contributed by atoms with Gasteiger partial charge in [-0.05, 0) is 22.4 Å². The number of anilines is 1. The molecular weight excluding hydrogens is 210 g/mol. The molecule has 0 aromatic carbocycles. The zero-order chi connectivity index (χ0) is 12.0. The van der Waals surface area contributed by atoms with E-state index in [4.69, 9.17) is 4.74 Å². The van der Waals surface area contributed by atoms with Crippen molar-refractivity contribution in [2.24, 2.45) is 0 Å². The van der Waals surface area contributed by atoms with Crippen LogP contribution in [0.15, 0.2) is 18.3 Å². The van der Waals surface area contributed by atoms with Gasteiger partial charge in [-0.25, -0.2) is 0 Å². The molecule has 0 saturated carbocycles. The number of rotatable bonds is 6. The number of pyridine rings is 1. The second kappa shape index (κ2) is 6.02. The summed E-state index contributed by atoms with van der Waals surface area (Å²) in [5.74, 6) is -0.148. The number of nitrogens with zero attached hydrogens (tertiary/aromatic N) is 2. The van der Waals surface area contributed by atoms with Gasteiger partial charge in [-0.2, -0.15) is 0 Å². The van der Waals surface area contributed by atoms with E-state index in [-0.39, 0.29) is 11.9 Å². The Morgan fingerprint density at radius 2 is 2.38 bits per heavy atom. The van der Waals surface area contributed by atoms with Crippen molar-refractivity contribution in [1.29, 1.82) is 0 Å². The highest BCUT2D eigenvalue weighted by atomic mass is 16.6. The second-order valence-electron chi connectivity index (χ2n) is 3.37. The highest BCUT2D eigenvalue weighted by Crippen LogP contribution is 2.13. The molecule has 0 aliphatic rings. The zero-order valence-electron chi connectivity index (χ0n) is 9.34. The molecule has 16 heavy (non-hydrogen) atoms. The van der Waals surface area contributed by atoms with Gasteiger partial charge in [0.2, 0.25) is 0 Å². The molecule has 0 bridgehead atoms. The van der Waals surface area contributed by atoms with Crippen LogP contribution in [0.25, 0.3) is 0 Å². The number of ether oxygens (including phenoxy) is 1. The van der Waals surface area contributed by atoms with E-state index in [9.17, 15) is 10.1 Å². The normalized spacial score (nSPS) is 12.1. The van der Waals surface area contributed by atoms with E-state index in [2.05, 4.69) is 10.3 Å². The van der Waals surface area contributed by atoms with Crippen molar-refractivity contribution >= 4 is 11.5 Å². The summed E-state index contributed by atoms with van der Waals surface area (Å²) in [5.41, 5.74) is 0.759. The molecule has 0 spiro atoms. The predicted molar refractivity (Wildman–Crippen MR) is 60.5 cm³/mol. The molecule has 0 radical (unpaired) electrons. The molecule has 88 valence electrons. The Bertz CT molecular complexity index is 340. The highest BCUT2D eigenvalue weighted by Gasteiger charge is 2.09. The Morgan fingerprint density at radius 3 is 2.81 bits per heavy atom. The van der Waals surface area contributed by atoms with Crippen molar-refractivity contribution in [1.82, 2.24) is 4.98 Å². The van der Waals surface area contributed by atoms with E-state index in [0.717, 1.165) is 12.1 Å². The molecule has 1 atom stereocenters. The van der Waals surface area contributed by atoms with Crippen molar-refractivity contribution in [2.75, 3.05) is 19.0 Å². The third-order valence-electron chi connectivity index (χ3n) is 2.17. The van der Waals surface area contributed by atoms with Gasteiger partial charge in [0.15, 0.2) is 6.20 Å². The van der Waals surface area contributed by atoms with E-state index >= 15 is 0 Å². The molecule has 0 saturated heterocycles. The first-order valence-electron chi connectivity index (χ1n) is 5.03. The first-order chi connectivity index (χ1) is 7.67.